The molecule has 0 saturated heterocycles. The molecule has 0 heterocycles. The van der Waals surface area contributed by atoms with Gasteiger partial charge in [0.15, 0.2) is 11.5 Å². The zero-order chi connectivity index (χ0) is 24.7. The van der Waals surface area contributed by atoms with Crippen LogP contribution in [0.3, 0.4) is 0 Å². The summed E-state index contributed by atoms with van der Waals surface area (Å²) < 4.78 is 38.3. The van der Waals surface area contributed by atoms with Gasteiger partial charge in [0.25, 0.3) is 21.8 Å². The van der Waals surface area contributed by atoms with Gasteiger partial charge in [0.05, 0.1) is 18.1 Å². The second-order valence-electron chi connectivity index (χ2n) is 7.44. The van der Waals surface area contributed by atoms with E-state index < -0.39 is 21.8 Å². The monoisotopic (exact) mass is 483 g/mol. The van der Waals surface area contributed by atoms with Gasteiger partial charge >= 0.3 is 0 Å². The fourth-order valence-electron chi connectivity index (χ4n) is 2.96. The van der Waals surface area contributed by atoms with E-state index in [1.165, 1.54) is 49.6 Å². The molecule has 0 saturated carbocycles. The SMILES string of the molecule is COc1cc(C(=O)NNC(=O)c2cccc(NS(=O)(=O)c3ccccc3)c2)ccc1OC(C)C. The molecule has 3 aromatic rings. The van der Waals surface area contributed by atoms with E-state index in [-0.39, 0.29) is 27.8 Å². The highest BCUT2D eigenvalue weighted by atomic mass is 32.2. The lowest BCUT2D eigenvalue weighted by atomic mass is 10.2. The van der Waals surface area contributed by atoms with Crippen molar-refractivity contribution in [2.75, 3.05) is 11.8 Å². The van der Waals surface area contributed by atoms with Crippen LogP contribution in [0.15, 0.2) is 77.7 Å². The Balaban J connectivity index is 1.66. The van der Waals surface area contributed by atoms with Crippen LogP contribution < -0.4 is 25.0 Å². The Morgan fingerprint density at radius 2 is 1.44 bits per heavy atom. The molecule has 3 rings (SSSR count). The maximum absolute atomic E-state index is 12.5. The van der Waals surface area contributed by atoms with Gasteiger partial charge in [0.2, 0.25) is 0 Å². The second kappa shape index (κ2) is 10.7. The van der Waals surface area contributed by atoms with Gasteiger partial charge in [-0.1, -0.05) is 24.3 Å². The number of hydrazine groups is 1. The Labute approximate surface area is 198 Å². The highest BCUT2D eigenvalue weighted by Crippen LogP contribution is 2.29. The molecule has 3 N–H and O–H groups in total. The summed E-state index contributed by atoms with van der Waals surface area (Å²) in [6.07, 6.45) is -0.0687. The van der Waals surface area contributed by atoms with Crippen molar-refractivity contribution in [2.45, 2.75) is 24.8 Å². The van der Waals surface area contributed by atoms with Crippen LogP contribution in [-0.4, -0.2) is 33.4 Å². The third-order valence-electron chi connectivity index (χ3n) is 4.51. The number of benzene rings is 3. The zero-order valence-corrected chi connectivity index (χ0v) is 19.7. The van der Waals surface area contributed by atoms with Crippen LogP contribution in [0.2, 0.25) is 0 Å². The molecule has 34 heavy (non-hydrogen) atoms. The van der Waals surface area contributed by atoms with Gasteiger partial charge in [-0.05, 0) is 62.4 Å². The fraction of sp³-hybridized carbons (Fsp3) is 0.167. The van der Waals surface area contributed by atoms with Gasteiger partial charge in [-0.25, -0.2) is 8.42 Å². The van der Waals surface area contributed by atoms with E-state index in [0.717, 1.165) is 0 Å². The van der Waals surface area contributed by atoms with Crippen molar-refractivity contribution in [3.63, 3.8) is 0 Å². The molecular weight excluding hydrogens is 458 g/mol. The van der Waals surface area contributed by atoms with Crippen molar-refractivity contribution in [1.29, 1.82) is 0 Å². The number of carbonyl (C=O) groups is 2. The number of methoxy groups -OCH3 is 1. The lowest BCUT2D eigenvalue weighted by molar-refractivity contribution is 0.0846. The first kappa shape index (κ1) is 24.6. The molecule has 2 amide bonds. The number of sulfonamides is 1. The van der Waals surface area contributed by atoms with Gasteiger partial charge in [0, 0.05) is 16.8 Å². The maximum atomic E-state index is 12.5. The van der Waals surface area contributed by atoms with Crippen LogP contribution in [-0.2, 0) is 10.0 Å². The average Bonchev–Trinajstić information content (AvgIpc) is 2.82. The van der Waals surface area contributed by atoms with E-state index >= 15 is 0 Å². The molecule has 0 bridgehead atoms. The molecule has 178 valence electrons. The second-order valence-corrected chi connectivity index (χ2v) is 9.12. The number of carbonyl (C=O) groups excluding carboxylic acids is 2. The molecule has 0 fully saturated rings. The zero-order valence-electron chi connectivity index (χ0n) is 18.9. The van der Waals surface area contributed by atoms with Gasteiger partial charge in [0.1, 0.15) is 0 Å². The van der Waals surface area contributed by atoms with Crippen LogP contribution in [0.25, 0.3) is 0 Å². The van der Waals surface area contributed by atoms with Crippen LogP contribution in [0.1, 0.15) is 34.6 Å². The third kappa shape index (κ3) is 6.26. The number of nitrogens with one attached hydrogen (secondary N) is 3. The summed E-state index contributed by atoms with van der Waals surface area (Å²) in [5.74, 6) is -0.316. The molecule has 0 aliphatic rings. The Bertz CT molecular complexity index is 1280. The topological polar surface area (TPSA) is 123 Å². The van der Waals surface area contributed by atoms with Crippen LogP contribution in [0, 0.1) is 0 Å². The van der Waals surface area contributed by atoms with Gasteiger partial charge < -0.3 is 9.47 Å². The molecule has 9 nitrogen and oxygen atoms in total. The average molecular weight is 484 g/mol. The minimum Gasteiger partial charge on any atom is -0.493 e. The predicted octanol–water partition coefficient (Wildman–Crippen LogP) is 3.36. The number of rotatable bonds is 8. The Hall–Kier alpha value is -4.05. The fourth-order valence-corrected chi connectivity index (χ4v) is 4.03. The van der Waals surface area contributed by atoms with E-state index in [9.17, 15) is 18.0 Å². The van der Waals surface area contributed by atoms with Gasteiger partial charge in [-0.3, -0.25) is 25.2 Å². The number of ether oxygens (including phenoxy) is 2. The summed E-state index contributed by atoms with van der Waals surface area (Å²) in [7, 11) is -2.35. The number of hydrogen-bond acceptors (Lipinski definition) is 6. The van der Waals surface area contributed by atoms with Gasteiger partial charge in [-0.2, -0.15) is 0 Å². The molecule has 0 radical (unpaired) electrons. The predicted molar refractivity (Wildman–Crippen MR) is 127 cm³/mol. The van der Waals surface area contributed by atoms with Crippen LogP contribution in [0.4, 0.5) is 5.69 Å². The largest absolute Gasteiger partial charge is 0.493 e. The van der Waals surface area contributed by atoms with Crippen LogP contribution >= 0.6 is 0 Å². The third-order valence-corrected chi connectivity index (χ3v) is 5.91. The Morgan fingerprint density at radius 3 is 2.06 bits per heavy atom. The standard InChI is InChI=1S/C24H25N3O6S/c1-16(2)33-21-13-12-18(15-22(21)32-3)24(29)26-25-23(28)17-8-7-9-19(14-17)27-34(30,31)20-10-5-4-6-11-20/h4-16,27H,1-3H3,(H,25,28)(H,26,29). The minimum absolute atomic E-state index is 0.0687. The molecule has 0 aromatic heterocycles. The van der Waals surface area contributed by atoms with Gasteiger partial charge in [-0.15, -0.1) is 0 Å². The highest BCUT2D eigenvalue weighted by molar-refractivity contribution is 7.92. The lowest BCUT2D eigenvalue weighted by Crippen LogP contribution is -2.41. The molecular formula is C24H25N3O6S. The van der Waals surface area contributed by atoms with E-state index in [0.29, 0.717) is 11.5 Å². The number of anilines is 1. The molecule has 0 unspecified atom stereocenters. The quantitative estimate of drug-likeness (QED) is 0.422. The highest BCUT2D eigenvalue weighted by Gasteiger charge is 2.16. The van der Waals surface area contributed by atoms with E-state index in [1.54, 1.807) is 30.3 Å². The molecule has 0 aliphatic carbocycles. The summed E-state index contributed by atoms with van der Waals surface area (Å²) in [6.45, 7) is 3.74. The molecule has 0 atom stereocenters. The first-order chi connectivity index (χ1) is 16.2. The summed E-state index contributed by atoms with van der Waals surface area (Å²) >= 11 is 0. The number of amides is 2. The van der Waals surface area contributed by atoms with Crippen molar-refractivity contribution in [1.82, 2.24) is 10.9 Å². The summed E-state index contributed by atoms with van der Waals surface area (Å²) in [5.41, 5.74) is 5.24. The first-order valence-corrected chi connectivity index (χ1v) is 11.8. The Morgan fingerprint density at radius 1 is 0.794 bits per heavy atom. The van der Waals surface area contributed by atoms with E-state index in [1.807, 2.05) is 13.8 Å². The van der Waals surface area contributed by atoms with E-state index in [2.05, 4.69) is 15.6 Å². The smallest absolute Gasteiger partial charge is 0.269 e. The molecule has 3 aromatic carbocycles. The minimum atomic E-state index is -3.81. The summed E-state index contributed by atoms with van der Waals surface area (Å²) in [6, 6.07) is 18.4. The summed E-state index contributed by atoms with van der Waals surface area (Å²) in [4.78, 5) is 25.1. The normalized spacial score (nSPS) is 10.9. The van der Waals surface area contributed by atoms with Crippen molar-refractivity contribution in [3.8, 4) is 11.5 Å². The molecule has 0 aliphatic heterocycles. The van der Waals surface area contributed by atoms with Crippen molar-refractivity contribution >= 4 is 27.5 Å². The van der Waals surface area contributed by atoms with E-state index in [4.69, 9.17) is 9.47 Å². The van der Waals surface area contributed by atoms with Crippen molar-refractivity contribution < 1.29 is 27.5 Å². The first-order valence-electron chi connectivity index (χ1n) is 10.3. The lowest BCUT2D eigenvalue weighted by Gasteiger charge is -2.14. The van der Waals surface area contributed by atoms with Crippen molar-refractivity contribution in [2.24, 2.45) is 0 Å². The summed E-state index contributed by atoms with van der Waals surface area (Å²) in [5, 5.41) is 0. The van der Waals surface area contributed by atoms with Crippen molar-refractivity contribution in [3.05, 3.63) is 83.9 Å². The van der Waals surface area contributed by atoms with Crippen LogP contribution in [0.5, 0.6) is 11.5 Å². The Kier molecular flexibility index (Phi) is 7.75. The number of hydrogen-bond donors (Lipinski definition) is 3. The molecule has 0 spiro atoms. The maximum Gasteiger partial charge on any atom is 0.269 e. The molecule has 10 heteroatoms.